The van der Waals surface area contributed by atoms with Gasteiger partial charge >= 0.3 is 5.97 Å². The number of ether oxygens (including phenoxy) is 1. The molecule has 0 spiro atoms. The minimum absolute atomic E-state index is 0.256. The Kier molecular flexibility index (Phi) is 7.36. The summed E-state index contributed by atoms with van der Waals surface area (Å²) in [6.45, 7) is 1.61. The van der Waals surface area contributed by atoms with Crippen molar-refractivity contribution < 1.29 is 24.5 Å². The fourth-order valence-electron chi connectivity index (χ4n) is 3.81. The lowest BCUT2D eigenvalue weighted by Gasteiger charge is -2.47. The molecule has 3 rings (SSSR count). The number of nitrogens with zero attached hydrogens (tertiary/aromatic N) is 1. The number of morpholine rings is 1. The normalized spacial score (nSPS) is 22.7. The molecule has 0 saturated carbocycles. The van der Waals surface area contributed by atoms with E-state index in [4.69, 9.17) is 27.9 Å². The van der Waals surface area contributed by atoms with Crippen LogP contribution in [0.5, 0.6) is 0 Å². The number of aliphatic hydroxyl groups excluding tert-OH is 1. The Labute approximate surface area is 185 Å². The first-order valence-electron chi connectivity index (χ1n) is 9.66. The molecule has 1 fully saturated rings. The second kappa shape index (κ2) is 9.79. The van der Waals surface area contributed by atoms with Gasteiger partial charge in [-0.25, -0.2) is 0 Å². The topological polar surface area (TPSA) is 87.1 Å². The monoisotopic (exact) mass is 451 g/mol. The zero-order valence-corrected chi connectivity index (χ0v) is 17.9. The van der Waals surface area contributed by atoms with Gasteiger partial charge in [-0.05, 0) is 41.8 Å². The van der Waals surface area contributed by atoms with Crippen LogP contribution < -0.4 is 0 Å². The maximum atomic E-state index is 13.3. The predicted molar refractivity (Wildman–Crippen MR) is 114 cm³/mol. The molecule has 0 aromatic heterocycles. The van der Waals surface area contributed by atoms with Crippen LogP contribution in [0.15, 0.2) is 48.5 Å². The molecule has 1 saturated heterocycles. The van der Waals surface area contributed by atoms with Gasteiger partial charge in [0.05, 0.1) is 25.1 Å². The molecule has 0 radical (unpaired) electrons. The standard InChI is InChI=1S/C22H23Cl2NO5/c1-2-17(12-26)25-20(13-6-8-15(23)9-7-13)21(14-4-3-5-16(24)10-14)30-18(22(25)29)11-19(27)28/h3-10,17-18,20-21,26H,2,11-12H2,1H3,(H,27,28). The lowest BCUT2D eigenvalue weighted by atomic mass is 9.89. The molecule has 0 bridgehead atoms. The highest BCUT2D eigenvalue weighted by Gasteiger charge is 2.46. The Hall–Kier alpha value is -2.12. The number of hydrogen-bond acceptors (Lipinski definition) is 4. The molecule has 8 heteroatoms. The summed E-state index contributed by atoms with van der Waals surface area (Å²) in [5.41, 5.74) is 1.47. The van der Waals surface area contributed by atoms with Crippen LogP contribution in [0.2, 0.25) is 10.0 Å². The summed E-state index contributed by atoms with van der Waals surface area (Å²) in [4.78, 5) is 26.2. The third-order valence-electron chi connectivity index (χ3n) is 5.25. The highest BCUT2D eigenvalue weighted by molar-refractivity contribution is 6.30. The van der Waals surface area contributed by atoms with E-state index < -0.39 is 42.6 Å². The molecule has 1 aliphatic heterocycles. The molecular formula is C22H23Cl2NO5. The molecule has 30 heavy (non-hydrogen) atoms. The maximum Gasteiger partial charge on any atom is 0.306 e. The van der Waals surface area contributed by atoms with Gasteiger partial charge < -0.3 is 19.8 Å². The van der Waals surface area contributed by atoms with E-state index in [0.29, 0.717) is 22.0 Å². The van der Waals surface area contributed by atoms with Crippen LogP contribution in [-0.2, 0) is 14.3 Å². The summed E-state index contributed by atoms with van der Waals surface area (Å²) in [5.74, 6) is -1.60. The zero-order chi connectivity index (χ0) is 21.8. The van der Waals surface area contributed by atoms with Crippen molar-refractivity contribution in [2.45, 2.75) is 44.1 Å². The maximum absolute atomic E-state index is 13.3. The number of benzene rings is 2. The molecule has 0 aliphatic carbocycles. The smallest absolute Gasteiger partial charge is 0.306 e. The van der Waals surface area contributed by atoms with Crippen LogP contribution in [0, 0.1) is 0 Å². The van der Waals surface area contributed by atoms with Gasteiger partial charge in [0, 0.05) is 10.0 Å². The molecule has 1 heterocycles. The van der Waals surface area contributed by atoms with Crippen LogP contribution in [-0.4, -0.2) is 45.7 Å². The number of rotatable bonds is 7. The van der Waals surface area contributed by atoms with Crippen molar-refractivity contribution in [3.8, 4) is 0 Å². The first-order chi connectivity index (χ1) is 14.3. The Bertz CT molecular complexity index is 901. The largest absolute Gasteiger partial charge is 0.481 e. The number of carboxylic acid groups (broad SMARTS) is 1. The van der Waals surface area contributed by atoms with Crippen LogP contribution in [0.1, 0.15) is 43.0 Å². The summed E-state index contributed by atoms with van der Waals surface area (Å²) in [6, 6.07) is 13.0. The molecule has 1 aliphatic rings. The van der Waals surface area contributed by atoms with E-state index in [9.17, 15) is 19.8 Å². The summed E-state index contributed by atoms with van der Waals surface area (Å²) in [5, 5.41) is 20.3. The van der Waals surface area contributed by atoms with Crippen LogP contribution in [0.25, 0.3) is 0 Å². The zero-order valence-electron chi connectivity index (χ0n) is 16.4. The minimum atomic E-state index is -1.17. The average Bonchev–Trinajstić information content (AvgIpc) is 2.71. The number of halogens is 2. The molecule has 2 N–H and O–H groups in total. The second-order valence-electron chi connectivity index (χ2n) is 7.18. The lowest BCUT2D eigenvalue weighted by molar-refractivity contribution is -0.184. The van der Waals surface area contributed by atoms with Crippen molar-refractivity contribution in [3.05, 3.63) is 69.7 Å². The van der Waals surface area contributed by atoms with E-state index in [1.807, 2.05) is 13.0 Å². The molecule has 1 amide bonds. The molecule has 6 nitrogen and oxygen atoms in total. The highest BCUT2D eigenvalue weighted by atomic mass is 35.5. The fourth-order valence-corrected chi connectivity index (χ4v) is 4.14. The van der Waals surface area contributed by atoms with E-state index in [0.717, 1.165) is 5.56 Å². The molecule has 2 aromatic carbocycles. The van der Waals surface area contributed by atoms with Crippen molar-refractivity contribution in [3.63, 3.8) is 0 Å². The van der Waals surface area contributed by atoms with E-state index in [1.54, 1.807) is 47.4 Å². The highest BCUT2D eigenvalue weighted by Crippen LogP contribution is 2.44. The number of carbonyl (C=O) groups is 2. The Morgan fingerprint density at radius 3 is 2.40 bits per heavy atom. The number of carboxylic acids is 1. The van der Waals surface area contributed by atoms with Gasteiger partial charge in [0.2, 0.25) is 0 Å². The number of carbonyl (C=O) groups excluding carboxylic acids is 1. The number of aliphatic carboxylic acids is 1. The first-order valence-corrected chi connectivity index (χ1v) is 10.4. The third-order valence-corrected chi connectivity index (χ3v) is 5.74. The Morgan fingerprint density at radius 2 is 1.83 bits per heavy atom. The minimum Gasteiger partial charge on any atom is -0.481 e. The van der Waals surface area contributed by atoms with Crippen LogP contribution in [0.3, 0.4) is 0 Å². The summed E-state index contributed by atoms with van der Waals surface area (Å²) < 4.78 is 6.07. The summed E-state index contributed by atoms with van der Waals surface area (Å²) >= 11 is 12.2. The number of aliphatic hydroxyl groups is 1. The summed E-state index contributed by atoms with van der Waals surface area (Å²) in [7, 11) is 0. The molecule has 2 aromatic rings. The van der Waals surface area contributed by atoms with E-state index in [-0.39, 0.29) is 6.61 Å². The van der Waals surface area contributed by atoms with Crippen LogP contribution >= 0.6 is 23.2 Å². The van der Waals surface area contributed by atoms with Crippen molar-refractivity contribution in [1.82, 2.24) is 4.90 Å². The molecule has 4 unspecified atom stereocenters. The van der Waals surface area contributed by atoms with E-state index in [2.05, 4.69) is 0 Å². The van der Waals surface area contributed by atoms with Crippen LogP contribution in [0.4, 0.5) is 0 Å². The van der Waals surface area contributed by atoms with E-state index >= 15 is 0 Å². The Balaban J connectivity index is 2.16. The molecule has 4 atom stereocenters. The van der Waals surface area contributed by atoms with Crippen molar-refractivity contribution in [2.75, 3.05) is 6.61 Å². The van der Waals surface area contributed by atoms with E-state index in [1.165, 1.54) is 0 Å². The van der Waals surface area contributed by atoms with Gasteiger partial charge in [-0.3, -0.25) is 9.59 Å². The Morgan fingerprint density at radius 1 is 1.13 bits per heavy atom. The molecular weight excluding hydrogens is 429 g/mol. The van der Waals surface area contributed by atoms with Gasteiger partial charge in [-0.1, -0.05) is 54.4 Å². The third kappa shape index (κ3) is 4.78. The van der Waals surface area contributed by atoms with Gasteiger partial charge in [-0.2, -0.15) is 0 Å². The van der Waals surface area contributed by atoms with Gasteiger partial charge in [0.25, 0.3) is 5.91 Å². The lowest BCUT2D eigenvalue weighted by Crippen LogP contribution is -2.56. The number of hydrogen-bond donors (Lipinski definition) is 2. The van der Waals surface area contributed by atoms with Crippen molar-refractivity contribution >= 4 is 35.1 Å². The van der Waals surface area contributed by atoms with Gasteiger partial charge in [0.1, 0.15) is 12.2 Å². The average molecular weight is 452 g/mol. The van der Waals surface area contributed by atoms with Gasteiger partial charge in [-0.15, -0.1) is 0 Å². The summed E-state index contributed by atoms with van der Waals surface area (Å²) in [6.07, 6.45) is -1.82. The fraction of sp³-hybridized carbons (Fsp3) is 0.364. The first kappa shape index (κ1) is 22.6. The number of amides is 1. The predicted octanol–water partition coefficient (Wildman–Crippen LogP) is 4.25. The van der Waals surface area contributed by atoms with Crippen molar-refractivity contribution in [1.29, 1.82) is 0 Å². The van der Waals surface area contributed by atoms with Gasteiger partial charge in [0.15, 0.2) is 0 Å². The second-order valence-corrected chi connectivity index (χ2v) is 8.06. The quantitative estimate of drug-likeness (QED) is 0.656. The SMILES string of the molecule is CCC(CO)N1C(=O)C(CC(=O)O)OC(c2cccc(Cl)c2)C1c1ccc(Cl)cc1. The van der Waals surface area contributed by atoms with Crippen molar-refractivity contribution in [2.24, 2.45) is 0 Å². The molecule has 160 valence electrons.